The summed E-state index contributed by atoms with van der Waals surface area (Å²) in [5.41, 5.74) is 1.27. The van der Waals surface area contributed by atoms with Gasteiger partial charge < -0.3 is 9.88 Å². The van der Waals surface area contributed by atoms with Gasteiger partial charge in [-0.1, -0.05) is 25.7 Å². The van der Waals surface area contributed by atoms with Gasteiger partial charge in [0, 0.05) is 36.8 Å². The van der Waals surface area contributed by atoms with E-state index < -0.39 is 0 Å². The molecule has 1 N–H and O–H groups in total. The summed E-state index contributed by atoms with van der Waals surface area (Å²) in [5.74, 6) is 1.67. The lowest BCUT2D eigenvalue weighted by molar-refractivity contribution is -0.127. The van der Waals surface area contributed by atoms with Crippen molar-refractivity contribution < 1.29 is 4.79 Å². The third-order valence-corrected chi connectivity index (χ3v) is 5.12. The topological polar surface area (TPSA) is 46.9 Å². The second-order valence-corrected chi connectivity index (χ2v) is 6.65. The molecule has 0 unspecified atom stereocenters. The van der Waals surface area contributed by atoms with E-state index in [1.54, 1.807) is 0 Å². The van der Waals surface area contributed by atoms with Gasteiger partial charge in [-0.15, -0.1) is 0 Å². The summed E-state index contributed by atoms with van der Waals surface area (Å²) in [6.07, 6.45) is 12.8. The van der Waals surface area contributed by atoms with E-state index in [2.05, 4.69) is 21.8 Å². The van der Waals surface area contributed by atoms with E-state index in [-0.39, 0.29) is 11.8 Å². The lowest BCUT2D eigenvalue weighted by Gasteiger charge is -2.26. The number of hydrogen-bond donors (Lipinski definition) is 1. The highest BCUT2D eigenvalue weighted by atomic mass is 16.1. The molecule has 1 heterocycles. The molecule has 2 saturated carbocycles. The number of nitrogens with zero attached hydrogens (tertiary/aromatic N) is 2. The first kappa shape index (κ1) is 14.6. The number of rotatable bonds is 5. The lowest BCUT2D eigenvalue weighted by atomic mass is 9.85. The van der Waals surface area contributed by atoms with Crippen LogP contribution in [0.2, 0.25) is 0 Å². The Morgan fingerprint density at radius 2 is 2.00 bits per heavy atom. The van der Waals surface area contributed by atoms with Gasteiger partial charge in [0.15, 0.2) is 0 Å². The molecule has 0 atom stereocenters. The molecule has 0 radical (unpaired) electrons. The zero-order valence-corrected chi connectivity index (χ0v) is 13.1. The normalized spacial score (nSPS) is 20.2. The minimum Gasteiger partial charge on any atom is -0.355 e. The number of aryl methyl sites for hydroxylation is 1. The number of carbonyl (C=O) groups excluding carboxylic acids is 1. The Balaban J connectivity index is 1.56. The second-order valence-electron chi connectivity index (χ2n) is 6.65. The highest BCUT2D eigenvalue weighted by Crippen LogP contribution is 2.30. The Hall–Kier alpha value is -1.32. The third-order valence-electron chi connectivity index (χ3n) is 5.12. The van der Waals surface area contributed by atoms with Crippen molar-refractivity contribution in [1.29, 1.82) is 0 Å². The Labute approximate surface area is 127 Å². The summed E-state index contributed by atoms with van der Waals surface area (Å²) in [6.45, 7) is 2.87. The Morgan fingerprint density at radius 3 is 2.67 bits per heavy atom. The first-order chi connectivity index (χ1) is 10.3. The summed E-state index contributed by atoms with van der Waals surface area (Å²) in [7, 11) is 0. The number of aromatic nitrogens is 2. The van der Waals surface area contributed by atoms with Crippen LogP contribution in [0, 0.1) is 12.8 Å². The average molecular weight is 289 g/mol. The maximum Gasteiger partial charge on any atom is 0.223 e. The van der Waals surface area contributed by atoms with Gasteiger partial charge in [0.2, 0.25) is 5.91 Å². The Morgan fingerprint density at radius 1 is 1.24 bits per heavy atom. The average Bonchev–Trinajstić information content (AvgIpc) is 2.79. The molecule has 0 aliphatic heterocycles. The van der Waals surface area contributed by atoms with Crippen molar-refractivity contribution >= 4 is 5.91 Å². The minimum absolute atomic E-state index is 0.244. The largest absolute Gasteiger partial charge is 0.355 e. The standard InChI is InChI=1S/C17H27N3O/c1-13-12-19-16(20(13)15-8-3-2-4-9-15)10-11-18-17(21)14-6-5-7-14/h12,14-15H,2-11H2,1H3,(H,18,21). The molecule has 4 heteroatoms. The summed E-state index contributed by atoms with van der Waals surface area (Å²) < 4.78 is 2.43. The fraction of sp³-hybridized carbons (Fsp3) is 0.765. The van der Waals surface area contributed by atoms with E-state index in [1.165, 1.54) is 44.2 Å². The van der Waals surface area contributed by atoms with Gasteiger partial charge >= 0.3 is 0 Å². The summed E-state index contributed by atoms with van der Waals surface area (Å²) in [6, 6.07) is 0.624. The van der Waals surface area contributed by atoms with E-state index >= 15 is 0 Å². The fourth-order valence-electron chi connectivity index (χ4n) is 3.63. The van der Waals surface area contributed by atoms with E-state index in [0.29, 0.717) is 6.04 Å². The molecule has 2 aliphatic carbocycles. The van der Waals surface area contributed by atoms with Crippen LogP contribution in [0.3, 0.4) is 0 Å². The van der Waals surface area contributed by atoms with Crippen molar-refractivity contribution in [2.45, 2.75) is 70.8 Å². The van der Waals surface area contributed by atoms with Crippen molar-refractivity contribution in [2.24, 2.45) is 5.92 Å². The summed E-state index contributed by atoms with van der Waals surface area (Å²) in [4.78, 5) is 16.4. The predicted octanol–water partition coefficient (Wildman–Crippen LogP) is 3.16. The van der Waals surface area contributed by atoms with Gasteiger partial charge in [-0.2, -0.15) is 0 Å². The zero-order valence-electron chi connectivity index (χ0n) is 13.1. The van der Waals surface area contributed by atoms with Gasteiger partial charge in [0.25, 0.3) is 0 Å². The molecular formula is C17H27N3O. The van der Waals surface area contributed by atoms with E-state index in [1.807, 2.05) is 6.20 Å². The lowest BCUT2D eigenvalue weighted by Crippen LogP contribution is -2.35. The smallest absolute Gasteiger partial charge is 0.223 e. The van der Waals surface area contributed by atoms with E-state index in [9.17, 15) is 4.79 Å². The van der Waals surface area contributed by atoms with Crippen molar-refractivity contribution in [3.8, 4) is 0 Å². The van der Waals surface area contributed by atoms with Gasteiger partial charge in [-0.05, 0) is 32.6 Å². The van der Waals surface area contributed by atoms with E-state index in [4.69, 9.17) is 0 Å². The number of imidazole rings is 1. The molecule has 2 fully saturated rings. The van der Waals surface area contributed by atoms with Crippen molar-refractivity contribution in [3.63, 3.8) is 0 Å². The zero-order chi connectivity index (χ0) is 14.7. The molecule has 0 bridgehead atoms. The van der Waals surface area contributed by atoms with Crippen LogP contribution in [0.5, 0.6) is 0 Å². The summed E-state index contributed by atoms with van der Waals surface area (Å²) in [5, 5.41) is 3.08. The number of amides is 1. The van der Waals surface area contributed by atoms with Crippen molar-refractivity contribution in [3.05, 3.63) is 17.7 Å². The molecule has 0 spiro atoms. The van der Waals surface area contributed by atoms with Crippen molar-refractivity contribution in [2.75, 3.05) is 6.54 Å². The number of carbonyl (C=O) groups is 1. The number of nitrogens with one attached hydrogen (secondary N) is 1. The fourth-order valence-corrected chi connectivity index (χ4v) is 3.63. The van der Waals surface area contributed by atoms with Gasteiger partial charge in [-0.3, -0.25) is 4.79 Å². The molecule has 2 aliphatic rings. The molecule has 1 aromatic rings. The van der Waals surface area contributed by atoms with Crippen LogP contribution < -0.4 is 5.32 Å². The Kier molecular flexibility index (Phi) is 4.61. The molecule has 3 rings (SSSR count). The van der Waals surface area contributed by atoms with Crippen LogP contribution in [0.15, 0.2) is 6.20 Å². The molecule has 0 saturated heterocycles. The van der Waals surface area contributed by atoms with Crippen LogP contribution in [0.25, 0.3) is 0 Å². The monoisotopic (exact) mass is 289 g/mol. The third kappa shape index (κ3) is 3.30. The van der Waals surface area contributed by atoms with Crippen LogP contribution in [-0.2, 0) is 11.2 Å². The first-order valence-corrected chi connectivity index (χ1v) is 8.56. The predicted molar refractivity (Wildman–Crippen MR) is 83.1 cm³/mol. The van der Waals surface area contributed by atoms with Crippen LogP contribution in [0.4, 0.5) is 0 Å². The molecule has 116 valence electrons. The first-order valence-electron chi connectivity index (χ1n) is 8.56. The van der Waals surface area contributed by atoms with Crippen LogP contribution >= 0.6 is 0 Å². The van der Waals surface area contributed by atoms with Crippen LogP contribution in [-0.4, -0.2) is 22.0 Å². The molecular weight excluding hydrogens is 262 g/mol. The van der Waals surface area contributed by atoms with Gasteiger partial charge in [0.1, 0.15) is 5.82 Å². The van der Waals surface area contributed by atoms with Crippen molar-refractivity contribution in [1.82, 2.24) is 14.9 Å². The molecule has 1 amide bonds. The highest BCUT2D eigenvalue weighted by molar-refractivity contribution is 5.79. The minimum atomic E-state index is 0.244. The van der Waals surface area contributed by atoms with E-state index in [0.717, 1.165) is 31.6 Å². The maximum absolute atomic E-state index is 11.9. The maximum atomic E-state index is 11.9. The highest BCUT2D eigenvalue weighted by Gasteiger charge is 2.25. The molecule has 4 nitrogen and oxygen atoms in total. The second kappa shape index (κ2) is 6.63. The summed E-state index contributed by atoms with van der Waals surface area (Å²) >= 11 is 0. The molecule has 0 aromatic carbocycles. The van der Waals surface area contributed by atoms with Gasteiger partial charge in [0.05, 0.1) is 0 Å². The molecule has 1 aromatic heterocycles. The number of hydrogen-bond acceptors (Lipinski definition) is 2. The Bertz CT molecular complexity index is 484. The quantitative estimate of drug-likeness (QED) is 0.905. The molecule has 21 heavy (non-hydrogen) atoms. The SMILES string of the molecule is Cc1cnc(CCNC(=O)C2CCC2)n1C1CCCCC1. The van der Waals surface area contributed by atoms with Gasteiger partial charge in [-0.25, -0.2) is 4.98 Å². The van der Waals surface area contributed by atoms with Crippen LogP contribution in [0.1, 0.15) is 68.9 Å².